The average Bonchev–Trinajstić information content (AvgIpc) is 2.88. The van der Waals surface area contributed by atoms with E-state index in [0.29, 0.717) is 5.88 Å². The molecular formula is C14H16ClN3. The Labute approximate surface area is 112 Å². The number of halogens is 1. The van der Waals surface area contributed by atoms with Gasteiger partial charge in [-0.15, -0.1) is 16.7 Å². The molecule has 0 saturated heterocycles. The van der Waals surface area contributed by atoms with E-state index >= 15 is 0 Å². The van der Waals surface area contributed by atoms with Crippen LogP contribution < -0.4 is 5.32 Å². The lowest BCUT2D eigenvalue weighted by molar-refractivity contribution is 0.537. The smallest absolute Gasteiger partial charge is 0.157 e. The average molecular weight is 262 g/mol. The molecule has 0 unspecified atom stereocenters. The van der Waals surface area contributed by atoms with Crippen LogP contribution in [-0.2, 0) is 0 Å². The predicted molar refractivity (Wildman–Crippen MR) is 75.1 cm³/mol. The first-order chi connectivity index (χ1) is 8.83. The topological polar surface area (TPSA) is 37.8 Å². The van der Waals surface area contributed by atoms with Crippen molar-refractivity contribution in [2.75, 3.05) is 11.2 Å². The van der Waals surface area contributed by atoms with Gasteiger partial charge in [-0.1, -0.05) is 37.1 Å². The number of hydrogen-bond donors (Lipinski definition) is 1. The van der Waals surface area contributed by atoms with E-state index in [0.717, 1.165) is 29.4 Å². The van der Waals surface area contributed by atoms with Crippen molar-refractivity contribution in [3.05, 3.63) is 30.5 Å². The van der Waals surface area contributed by atoms with Gasteiger partial charge in [0, 0.05) is 16.7 Å². The Hall–Kier alpha value is -1.35. The first-order valence-electron chi connectivity index (χ1n) is 6.38. The highest BCUT2D eigenvalue weighted by Gasteiger charge is 2.33. The molecule has 1 aliphatic carbocycles. The highest BCUT2D eigenvalue weighted by atomic mass is 35.5. The molecule has 2 aromatic rings. The van der Waals surface area contributed by atoms with Crippen LogP contribution in [-0.4, -0.2) is 21.6 Å². The lowest BCUT2D eigenvalue weighted by Gasteiger charge is -2.28. The molecule has 1 N–H and O–H groups in total. The quantitative estimate of drug-likeness (QED) is 0.858. The fraction of sp³-hybridized carbons (Fsp3) is 0.429. The molecule has 94 valence electrons. The summed E-state index contributed by atoms with van der Waals surface area (Å²) in [6.07, 6.45) is 6.49. The minimum absolute atomic E-state index is 0.000357. The summed E-state index contributed by atoms with van der Waals surface area (Å²) in [4.78, 5) is 0. The van der Waals surface area contributed by atoms with E-state index < -0.39 is 0 Å². The molecule has 4 heteroatoms. The van der Waals surface area contributed by atoms with Crippen LogP contribution in [0.25, 0.3) is 10.8 Å². The van der Waals surface area contributed by atoms with E-state index in [-0.39, 0.29) is 5.54 Å². The molecule has 3 nitrogen and oxygen atoms in total. The Balaban J connectivity index is 1.99. The second-order valence-corrected chi connectivity index (χ2v) is 5.29. The highest BCUT2D eigenvalue weighted by Crippen LogP contribution is 2.35. The van der Waals surface area contributed by atoms with Gasteiger partial charge in [0.2, 0.25) is 0 Å². The molecule has 1 heterocycles. The number of anilines is 1. The maximum Gasteiger partial charge on any atom is 0.157 e. The maximum absolute atomic E-state index is 6.15. The third-order valence-electron chi connectivity index (χ3n) is 3.77. The van der Waals surface area contributed by atoms with E-state index in [9.17, 15) is 0 Å². The molecule has 18 heavy (non-hydrogen) atoms. The van der Waals surface area contributed by atoms with Crippen molar-refractivity contribution in [3.63, 3.8) is 0 Å². The molecule has 0 radical (unpaired) electrons. The highest BCUT2D eigenvalue weighted by molar-refractivity contribution is 6.19. The molecule has 0 bridgehead atoms. The summed E-state index contributed by atoms with van der Waals surface area (Å²) in [6.45, 7) is 0. The van der Waals surface area contributed by atoms with Crippen LogP contribution in [0.4, 0.5) is 5.82 Å². The Morgan fingerprint density at radius 2 is 2.00 bits per heavy atom. The summed E-state index contributed by atoms with van der Waals surface area (Å²) in [5, 5.41) is 14.1. The van der Waals surface area contributed by atoms with E-state index in [1.807, 2.05) is 12.1 Å². The van der Waals surface area contributed by atoms with Gasteiger partial charge in [0.15, 0.2) is 5.82 Å². The van der Waals surface area contributed by atoms with Crippen molar-refractivity contribution in [3.8, 4) is 0 Å². The van der Waals surface area contributed by atoms with Crippen molar-refractivity contribution < 1.29 is 0 Å². The minimum Gasteiger partial charge on any atom is -0.361 e. The third-order valence-corrected chi connectivity index (χ3v) is 4.28. The molecule has 1 aromatic carbocycles. The fourth-order valence-corrected chi connectivity index (χ4v) is 3.05. The molecule has 0 spiro atoms. The predicted octanol–water partition coefficient (Wildman–Crippen LogP) is 3.59. The van der Waals surface area contributed by atoms with Crippen LogP contribution in [0.5, 0.6) is 0 Å². The van der Waals surface area contributed by atoms with Gasteiger partial charge in [-0.25, -0.2) is 0 Å². The molecule has 1 aliphatic rings. The maximum atomic E-state index is 6.15. The SMILES string of the molecule is ClCC1(Nc2nncc3ccccc23)CCCC1. The summed E-state index contributed by atoms with van der Waals surface area (Å²) >= 11 is 6.15. The second-order valence-electron chi connectivity index (χ2n) is 5.03. The monoisotopic (exact) mass is 261 g/mol. The van der Waals surface area contributed by atoms with Crippen molar-refractivity contribution >= 4 is 28.2 Å². The van der Waals surface area contributed by atoms with Gasteiger partial charge < -0.3 is 5.32 Å². The number of benzene rings is 1. The van der Waals surface area contributed by atoms with E-state index in [1.165, 1.54) is 12.8 Å². The zero-order valence-corrected chi connectivity index (χ0v) is 11.0. The van der Waals surface area contributed by atoms with Crippen molar-refractivity contribution in [1.82, 2.24) is 10.2 Å². The third kappa shape index (κ3) is 2.03. The normalized spacial score (nSPS) is 18.1. The first kappa shape index (κ1) is 11.7. The van der Waals surface area contributed by atoms with E-state index in [4.69, 9.17) is 11.6 Å². The van der Waals surface area contributed by atoms with Crippen molar-refractivity contribution in [1.29, 1.82) is 0 Å². The minimum atomic E-state index is 0.000357. The zero-order chi connectivity index (χ0) is 12.4. The van der Waals surface area contributed by atoms with Gasteiger partial charge in [-0.05, 0) is 12.8 Å². The Kier molecular flexibility index (Phi) is 3.08. The summed E-state index contributed by atoms with van der Waals surface area (Å²) in [7, 11) is 0. The van der Waals surface area contributed by atoms with Crippen molar-refractivity contribution in [2.24, 2.45) is 0 Å². The lowest BCUT2D eigenvalue weighted by atomic mass is 10.00. The van der Waals surface area contributed by atoms with Crippen LogP contribution in [0, 0.1) is 0 Å². The Morgan fingerprint density at radius 3 is 2.78 bits per heavy atom. The van der Waals surface area contributed by atoms with Crippen LogP contribution >= 0.6 is 11.6 Å². The van der Waals surface area contributed by atoms with E-state index in [2.05, 4.69) is 27.6 Å². The Bertz CT molecular complexity index is 544. The van der Waals surface area contributed by atoms with Gasteiger partial charge >= 0.3 is 0 Å². The van der Waals surface area contributed by atoms with Crippen LogP contribution in [0.2, 0.25) is 0 Å². The number of fused-ring (bicyclic) bond motifs is 1. The van der Waals surface area contributed by atoms with Gasteiger partial charge in [-0.2, -0.15) is 5.10 Å². The summed E-state index contributed by atoms with van der Waals surface area (Å²) < 4.78 is 0. The number of aromatic nitrogens is 2. The van der Waals surface area contributed by atoms with Gasteiger partial charge in [-0.3, -0.25) is 0 Å². The van der Waals surface area contributed by atoms with E-state index in [1.54, 1.807) is 6.20 Å². The van der Waals surface area contributed by atoms with Gasteiger partial charge in [0.25, 0.3) is 0 Å². The number of nitrogens with zero attached hydrogens (tertiary/aromatic N) is 2. The number of rotatable bonds is 3. The summed E-state index contributed by atoms with van der Waals surface area (Å²) in [6, 6.07) is 8.17. The van der Waals surface area contributed by atoms with Gasteiger partial charge in [0.1, 0.15) is 0 Å². The molecule has 1 aromatic heterocycles. The first-order valence-corrected chi connectivity index (χ1v) is 6.91. The summed E-state index contributed by atoms with van der Waals surface area (Å²) in [5.74, 6) is 1.48. The largest absolute Gasteiger partial charge is 0.361 e. The molecular weight excluding hydrogens is 246 g/mol. The van der Waals surface area contributed by atoms with Crippen molar-refractivity contribution in [2.45, 2.75) is 31.2 Å². The molecule has 1 fully saturated rings. The number of nitrogens with one attached hydrogen (secondary N) is 1. The number of hydrogen-bond acceptors (Lipinski definition) is 3. The standard InChI is InChI=1S/C14H16ClN3/c15-10-14(7-3-4-8-14)17-13-12-6-2-1-5-11(12)9-16-18-13/h1-2,5-6,9H,3-4,7-8,10H2,(H,17,18). The van der Waals surface area contributed by atoms with Crippen LogP contribution in [0.3, 0.4) is 0 Å². The van der Waals surface area contributed by atoms with Crippen LogP contribution in [0.1, 0.15) is 25.7 Å². The van der Waals surface area contributed by atoms with Crippen LogP contribution in [0.15, 0.2) is 30.5 Å². The molecule has 0 amide bonds. The summed E-state index contributed by atoms with van der Waals surface area (Å²) in [5.41, 5.74) is 0.000357. The molecule has 3 rings (SSSR count). The Morgan fingerprint density at radius 1 is 1.22 bits per heavy atom. The molecule has 0 atom stereocenters. The molecule has 1 saturated carbocycles. The fourth-order valence-electron chi connectivity index (χ4n) is 2.72. The number of alkyl halides is 1. The molecule has 0 aliphatic heterocycles. The second kappa shape index (κ2) is 4.73. The lowest BCUT2D eigenvalue weighted by Crippen LogP contribution is -2.37. The van der Waals surface area contributed by atoms with Gasteiger partial charge in [0.05, 0.1) is 11.7 Å². The zero-order valence-electron chi connectivity index (χ0n) is 10.2.